The molecule has 0 bridgehead atoms. The minimum absolute atomic E-state index is 0.263. The van der Waals surface area contributed by atoms with E-state index in [1.165, 1.54) is 11.3 Å². The van der Waals surface area contributed by atoms with Crippen LogP contribution in [0, 0.1) is 0 Å². The van der Waals surface area contributed by atoms with Crippen LogP contribution < -0.4 is 4.72 Å². The zero-order chi connectivity index (χ0) is 19.0. The van der Waals surface area contributed by atoms with Gasteiger partial charge >= 0.3 is 5.97 Å². The molecule has 0 aromatic carbocycles. The summed E-state index contributed by atoms with van der Waals surface area (Å²) in [5, 5.41) is 0. The molecular weight excluding hydrogens is 364 g/mol. The summed E-state index contributed by atoms with van der Waals surface area (Å²) in [4.78, 5) is 26.8. The minimum Gasteiger partial charge on any atom is -0.451 e. The second-order valence-corrected chi connectivity index (χ2v) is 8.62. The lowest BCUT2D eigenvalue weighted by Gasteiger charge is -2.20. The van der Waals surface area contributed by atoms with Crippen LogP contribution in [0.5, 0.6) is 0 Å². The summed E-state index contributed by atoms with van der Waals surface area (Å²) in [6.07, 6.45) is 1.57. The van der Waals surface area contributed by atoms with Crippen molar-refractivity contribution in [2.24, 2.45) is 0 Å². The summed E-state index contributed by atoms with van der Waals surface area (Å²) in [5.41, 5.74) is 0.854. The highest BCUT2D eigenvalue weighted by molar-refractivity contribution is 7.88. The zero-order valence-electron chi connectivity index (χ0n) is 14.7. The summed E-state index contributed by atoms with van der Waals surface area (Å²) >= 11 is 1.22. The van der Waals surface area contributed by atoms with E-state index in [2.05, 4.69) is 11.3 Å². The van der Waals surface area contributed by atoms with Crippen LogP contribution in [-0.2, 0) is 26.0 Å². The van der Waals surface area contributed by atoms with Crippen molar-refractivity contribution in [1.82, 2.24) is 9.62 Å². The Bertz CT molecular complexity index is 725. The maximum absolute atomic E-state index is 12.0. The number of hydrogen-bond acceptors (Lipinski definition) is 6. The lowest BCUT2D eigenvalue weighted by atomic mass is 10.3. The van der Waals surface area contributed by atoms with Crippen LogP contribution in [0.1, 0.15) is 28.4 Å². The molecule has 1 amide bonds. The average molecular weight is 389 g/mol. The topological polar surface area (TPSA) is 92.8 Å². The van der Waals surface area contributed by atoms with E-state index in [4.69, 9.17) is 4.74 Å². The van der Waals surface area contributed by atoms with Gasteiger partial charge in [0, 0.05) is 24.5 Å². The van der Waals surface area contributed by atoms with E-state index < -0.39 is 16.0 Å². The molecule has 140 valence electrons. The number of nitrogens with one attached hydrogen (secondary N) is 1. The number of hydrogen-bond donors (Lipinski definition) is 1. The molecule has 7 nitrogen and oxygen atoms in total. The van der Waals surface area contributed by atoms with Gasteiger partial charge in [-0.2, -0.15) is 0 Å². The van der Waals surface area contributed by atoms with Gasteiger partial charge in [-0.05, 0) is 32.4 Å². The highest BCUT2D eigenvalue weighted by atomic mass is 32.2. The maximum Gasteiger partial charge on any atom is 0.348 e. The third-order valence-corrected chi connectivity index (χ3v) is 4.97. The molecular formula is C16H24N2O5S2. The van der Waals surface area contributed by atoms with E-state index in [0.717, 1.165) is 16.7 Å². The molecule has 25 heavy (non-hydrogen) atoms. The number of rotatable bonds is 10. The number of sulfonamides is 1. The monoisotopic (exact) mass is 388 g/mol. The fraction of sp³-hybridized carbons (Fsp3) is 0.500. The van der Waals surface area contributed by atoms with Gasteiger partial charge in [0.25, 0.3) is 5.91 Å². The Kier molecular flexibility index (Phi) is 8.27. The van der Waals surface area contributed by atoms with E-state index in [0.29, 0.717) is 24.4 Å². The van der Waals surface area contributed by atoms with Gasteiger partial charge in [0.05, 0.1) is 6.26 Å². The van der Waals surface area contributed by atoms with E-state index in [1.54, 1.807) is 17.0 Å². The Labute approximate surface area is 152 Å². The molecule has 1 aromatic rings. The van der Waals surface area contributed by atoms with E-state index in [-0.39, 0.29) is 19.1 Å². The molecule has 0 spiro atoms. The highest BCUT2D eigenvalue weighted by Crippen LogP contribution is 2.18. The summed E-state index contributed by atoms with van der Waals surface area (Å²) in [5.74, 6) is -0.833. The molecule has 0 aliphatic heterocycles. The molecule has 0 aliphatic rings. The summed E-state index contributed by atoms with van der Waals surface area (Å²) < 4.78 is 29.5. The maximum atomic E-state index is 12.0. The van der Waals surface area contributed by atoms with Gasteiger partial charge in [0.1, 0.15) is 4.88 Å². The predicted octanol–water partition coefficient (Wildman–Crippen LogP) is 1.42. The summed E-state index contributed by atoms with van der Waals surface area (Å²) in [6.45, 7) is 8.33. The Morgan fingerprint density at radius 1 is 1.36 bits per heavy atom. The number of carbonyl (C=O) groups excluding carboxylic acids is 2. The van der Waals surface area contributed by atoms with Crippen molar-refractivity contribution in [1.29, 1.82) is 0 Å². The van der Waals surface area contributed by atoms with Gasteiger partial charge in [-0.3, -0.25) is 4.79 Å². The van der Waals surface area contributed by atoms with Gasteiger partial charge in [-0.25, -0.2) is 17.9 Å². The fourth-order valence-electron chi connectivity index (χ4n) is 1.97. The van der Waals surface area contributed by atoms with Gasteiger partial charge in [0.15, 0.2) is 6.61 Å². The Balaban J connectivity index is 2.50. The molecule has 1 rings (SSSR count). The largest absolute Gasteiger partial charge is 0.451 e. The van der Waals surface area contributed by atoms with Crippen LogP contribution >= 0.6 is 11.3 Å². The zero-order valence-corrected chi connectivity index (χ0v) is 16.3. The van der Waals surface area contributed by atoms with Gasteiger partial charge in [-0.15, -0.1) is 11.3 Å². The smallest absolute Gasteiger partial charge is 0.348 e. The van der Waals surface area contributed by atoms with Crippen LogP contribution in [0.15, 0.2) is 24.3 Å². The number of nitrogens with zero attached hydrogens (tertiary/aromatic N) is 1. The number of ether oxygens (including phenoxy) is 1. The predicted molar refractivity (Wildman–Crippen MR) is 98.2 cm³/mol. The molecule has 9 heteroatoms. The second kappa shape index (κ2) is 9.69. The molecule has 0 saturated heterocycles. The second-order valence-electron chi connectivity index (χ2n) is 5.62. The number of carbonyl (C=O) groups is 2. The van der Waals surface area contributed by atoms with E-state index in [9.17, 15) is 18.0 Å². The SMILES string of the molecule is C=C(C)CN(CC)C(=O)COC(=O)c1ccc(CCNS(C)(=O)=O)s1. The average Bonchev–Trinajstić information content (AvgIpc) is 2.97. The first-order valence-electron chi connectivity index (χ1n) is 7.75. The lowest BCUT2D eigenvalue weighted by molar-refractivity contribution is -0.133. The standard InChI is InChI=1S/C16H24N2O5S2/c1-5-18(10-12(2)3)15(19)11-23-16(20)14-7-6-13(24-14)8-9-17-25(4,21)22/h6-7,17H,2,5,8-11H2,1,3-4H3. The van der Waals surface area contributed by atoms with Crippen LogP contribution in [-0.4, -0.2) is 57.7 Å². The van der Waals surface area contributed by atoms with Gasteiger partial charge < -0.3 is 9.64 Å². The lowest BCUT2D eigenvalue weighted by Crippen LogP contribution is -2.35. The van der Waals surface area contributed by atoms with Gasteiger partial charge in [-0.1, -0.05) is 12.2 Å². The van der Waals surface area contributed by atoms with Crippen LogP contribution in [0.25, 0.3) is 0 Å². The fourth-order valence-corrected chi connectivity index (χ4v) is 3.35. The van der Waals surface area contributed by atoms with Crippen LogP contribution in [0.4, 0.5) is 0 Å². The number of esters is 1. The summed E-state index contributed by atoms with van der Waals surface area (Å²) in [6, 6.07) is 3.35. The van der Waals surface area contributed by atoms with Crippen molar-refractivity contribution in [2.75, 3.05) is 32.5 Å². The molecule has 1 aromatic heterocycles. The van der Waals surface area contributed by atoms with Gasteiger partial charge in [0.2, 0.25) is 10.0 Å². The third-order valence-electron chi connectivity index (χ3n) is 3.12. The minimum atomic E-state index is -3.23. The molecule has 0 atom stereocenters. The Morgan fingerprint density at radius 2 is 2.04 bits per heavy atom. The molecule has 0 fully saturated rings. The van der Waals surface area contributed by atoms with Crippen molar-refractivity contribution < 1.29 is 22.7 Å². The van der Waals surface area contributed by atoms with Crippen molar-refractivity contribution in [2.45, 2.75) is 20.3 Å². The molecule has 0 saturated carbocycles. The van der Waals surface area contributed by atoms with Crippen molar-refractivity contribution >= 4 is 33.2 Å². The summed E-state index contributed by atoms with van der Waals surface area (Å²) in [7, 11) is -3.23. The molecule has 0 radical (unpaired) electrons. The number of likely N-dealkylation sites (N-methyl/N-ethyl adjacent to an activating group) is 1. The number of amides is 1. The number of thiophene rings is 1. The molecule has 0 unspecified atom stereocenters. The third kappa shape index (κ3) is 8.28. The molecule has 0 aliphatic carbocycles. The van der Waals surface area contributed by atoms with Crippen molar-refractivity contribution in [3.63, 3.8) is 0 Å². The molecule has 1 heterocycles. The normalized spacial score (nSPS) is 11.2. The van der Waals surface area contributed by atoms with Crippen LogP contribution in [0.3, 0.4) is 0 Å². The first-order chi connectivity index (χ1) is 11.6. The first kappa shape index (κ1) is 21.3. The quantitative estimate of drug-likeness (QED) is 0.483. The van der Waals surface area contributed by atoms with Crippen molar-refractivity contribution in [3.8, 4) is 0 Å². The Hall–Kier alpha value is -1.71. The van der Waals surface area contributed by atoms with Crippen molar-refractivity contribution in [3.05, 3.63) is 34.0 Å². The van der Waals surface area contributed by atoms with E-state index >= 15 is 0 Å². The molecule has 1 N–H and O–H groups in total. The Morgan fingerprint density at radius 3 is 2.60 bits per heavy atom. The highest BCUT2D eigenvalue weighted by Gasteiger charge is 2.16. The first-order valence-corrected chi connectivity index (χ1v) is 10.5. The van der Waals surface area contributed by atoms with E-state index in [1.807, 2.05) is 13.8 Å². The van der Waals surface area contributed by atoms with Crippen LogP contribution in [0.2, 0.25) is 0 Å².